The van der Waals surface area contributed by atoms with Gasteiger partial charge in [-0.25, -0.2) is 4.79 Å². The molecule has 0 fully saturated rings. The van der Waals surface area contributed by atoms with Crippen molar-refractivity contribution < 1.29 is 23.9 Å². The molecule has 6 nitrogen and oxygen atoms in total. The maximum atomic E-state index is 12.8. The van der Waals surface area contributed by atoms with Crippen LogP contribution in [0.4, 0.5) is 0 Å². The Hall–Kier alpha value is -4.53. The molecule has 1 aromatic heterocycles. The van der Waals surface area contributed by atoms with E-state index in [4.69, 9.17) is 9.47 Å². The minimum absolute atomic E-state index is 0.0261. The number of thiophene rings is 1. The Labute approximate surface area is 259 Å². The molecular formula is C35H24BrNO5S. The van der Waals surface area contributed by atoms with E-state index in [1.807, 2.05) is 36.4 Å². The van der Waals surface area contributed by atoms with Crippen molar-refractivity contribution in [3.63, 3.8) is 0 Å². The van der Waals surface area contributed by atoms with Crippen molar-refractivity contribution in [2.75, 3.05) is 13.7 Å². The molecule has 0 saturated carbocycles. The Morgan fingerprint density at radius 1 is 0.814 bits per heavy atom. The quantitative estimate of drug-likeness (QED) is 0.129. The number of hydrogen-bond donors (Lipinski definition) is 0. The van der Waals surface area contributed by atoms with Crippen molar-refractivity contribution in [1.82, 2.24) is 4.90 Å². The van der Waals surface area contributed by atoms with Gasteiger partial charge in [0.1, 0.15) is 5.75 Å². The van der Waals surface area contributed by atoms with Gasteiger partial charge in [0.05, 0.1) is 22.9 Å². The molecule has 0 bridgehead atoms. The van der Waals surface area contributed by atoms with Gasteiger partial charge in [0.25, 0.3) is 11.8 Å². The van der Waals surface area contributed by atoms with Gasteiger partial charge < -0.3 is 9.47 Å². The third-order valence-corrected chi connectivity index (χ3v) is 10.1. The first-order valence-electron chi connectivity index (χ1n) is 13.8. The summed E-state index contributed by atoms with van der Waals surface area (Å²) >= 11 is 5.65. The lowest BCUT2D eigenvalue weighted by Crippen LogP contribution is -2.37. The molecule has 0 saturated heterocycles. The molecular weight excluding hydrogens is 626 g/mol. The van der Waals surface area contributed by atoms with Gasteiger partial charge in [-0.05, 0) is 68.2 Å². The molecule has 0 radical (unpaired) electrons. The van der Waals surface area contributed by atoms with E-state index in [0.717, 1.165) is 31.3 Å². The van der Waals surface area contributed by atoms with Crippen LogP contribution in [0, 0.1) is 0 Å². The zero-order valence-electron chi connectivity index (χ0n) is 23.0. The van der Waals surface area contributed by atoms with Gasteiger partial charge >= 0.3 is 5.97 Å². The number of amides is 2. The van der Waals surface area contributed by atoms with Crippen LogP contribution in [-0.2, 0) is 9.53 Å². The molecule has 6 aromatic rings. The zero-order chi connectivity index (χ0) is 29.7. The number of rotatable bonds is 7. The number of carbonyl (C=O) groups excluding carboxylic acids is 3. The zero-order valence-corrected chi connectivity index (χ0v) is 25.4. The van der Waals surface area contributed by atoms with Gasteiger partial charge in [0.2, 0.25) is 0 Å². The van der Waals surface area contributed by atoms with Crippen LogP contribution in [0.1, 0.15) is 27.1 Å². The number of benzene rings is 5. The summed E-state index contributed by atoms with van der Waals surface area (Å²) in [4.78, 5) is 39.4. The number of nitrogens with zero attached hydrogens (tertiary/aromatic N) is 1. The number of esters is 1. The number of hydrogen-bond acceptors (Lipinski definition) is 6. The standard InChI is InChI=1S/C35H24BrNO5S/c1-41-35(40)27(18-19-37-33(38)24-10-4-5-11-25(24)34(37)39)42-21-16-14-20(15-17-21)29-22-8-2-3-9-23(22)31(36)32-30(29)26-12-6-7-13-28(26)43-32/h2-17,27H,18-19H2,1H3/t27-/m1/s1. The summed E-state index contributed by atoms with van der Waals surface area (Å²) in [7, 11) is 1.29. The average molecular weight is 651 g/mol. The van der Waals surface area contributed by atoms with E-state index in [1.165, 1.54) is 27.3 Å². The molecule has 212 valence electrons. The molecule has 5 aromatic carbocycles. The second-order valence-electron chi connectivity index (χ2n) is 10.3. The van der Waals surface area contributed by atoms with Gasteiger partial charge in [-0.2, -0.15) is 0 Å². The second-order valence-corrected chi connectivity index (χ2v) is 12.1. The molecule has 1 atom stereocenters. The molecule has 2 heterocycles. The third kappa shape index (κ3) is 4.58. The smallest absolute Gasteiger partial charge is 0.347 e. The van der Waals surface area contributed by atoms with Crippen LogP contribution >= 0.6 is 27.3 Å². The van der Waals surface area contributed by atoms with Gasteiger partial charge in [0.15, 0.2) is 6.10 Å². The Balaban J connectivity index is 1.20. The van der Waals surface area contributed by atoms with Crippen LogP contribution in [0.3, 0.4) is 0 Å². The topological polar surface area (TPSA) is 72.9 Å². The van der Waals surface area contributed by atoms with Crippen molar-refractivity contribution in [3.8, 4) is 16.9 Å². The second kappa shape index (κ2) is 10.9. The monoisotopic (exact) mass is 649 g/mol. The predicted octanol–water partition coefficient (Wildman–Crippen LogP) is 8.24. The van der Waals surface area contributed by atoms with Gasteiger partial charge in [0, 0.05) is 32.9 Å². The van der Waals surface area contributed by atoms with E-state index in [-0.39, 0.29) is 24.8 Å². The first kappa shape index (κ1) is 27.3. The Morgan fingerprint density at radius 2 is 1.42 bits per heavy atom. The van der Waals surface area contributed by atoms with E-state index >= 15 is 0 Å². The van der Waals surface area contributed by atoms with Crippen LogP contribution in [0.15, 0.2) is 102 Å². The maximum absolute atomic E-state index is 12.8. The van der Waals surface area contributed by atoms with Crippen molar-refractivity contribution in [3.05, 3.63) is 113 Å². The first-order chi connectivity index (χ1) is 21.0. The molecule has 8 heteroatoms. The number of carbonyl (C=O) groups is 3. The fourth-order valence-corrected chi connectivity index (χ4v) is 7.75. The largest absolute Gasteiger partial charge is 0.479 e. The van der Waals surface area contributed by atoms with E-state index in [0.29, 0.717) is 16.9 Å². The summed E-state index contributed by atoms with van der Waals surface area (Å²) in [6.07, 6.45) is -0.903. The molecule has 2 amide bonds. The number of halogens is 1. The minimum atomic E-state index is -0.999. The summed E-state index contributed by atoms with van der Waals surface area (Å²) in [6, 6.07) is 31.2. The summed E-state index contributed by atoms with van der Waals surface area (Å²) in [5.74, 6) is -0.842. The van der Waals surface area contributed by atoms with E-state index < -0.39 is 12.1 Å². The fourth-order valence-electron chi connectivity index (χ4n) is 5.81. The van der Waals surface area contributed by atoms with Crippen molar-refractivity contribution in [2.24, 2.45) is 0 Å². The Bertz CT molecular complexity index is 2050. The molecule has 0 unspecified atom stereocenters. The molecule has 0 spiro atoms. The van der Waals surface area contributed by atoms with Gasteiger partial charge in [-0.1, -0.05) is 66.7 Å². The summed E-state index contributed by atoms with van der Waals surface area (Å²) in [6.45, 7) is 0.0261. The molecule has 43 heavy (non-hydrogen) atoms. The van der Waals surface area contributed by atoms with Crippen LogP contribution in [0.5, 0.6) is 5.75 Å². The number of methoxy groups -OCH3 is 1. The van der Waals surface area contributed by atoms with Gasteiger partial charge in [-0.3, -0.25) is 14.5 Å². The van der Waals surface area contributed by atoms with Crippen molar-refractivity contribution >= 4 is 76.0 Å². The van der Waals surface area contributed by atoms with Crippen LogP contribution in [-0.4, -0.2) is 42.4 Å². The normalized spacial score (nSPS) is 13.6. The average Bonchev–Trinajstić information content (AvgIpc) is 3.55. The fraction of sp³-hybridized carbons (Fsp3) is 0.114. The first-order valence-corrected chi connectivity index (χ1v) is 15.4. The molecule has 7 rings (SSSR count). The predicted molar refractivity (Wildman–Crippen MR) is 173 cm³/mol. The Morgan fingerprint density at radius 3 is 2.09 bits per heavy atom. The van der Waals surface area contributed by atoms with Gasteiger partial charge in [-0.15, -0.1) is 11.3 Å². The molecule has 1 aliphatic heterocycles. The third-order valence-electron chi connectivity index (χ3n) is 7.86. The highest BCUT2D eigenvalue weighted by Gasteiger charge is 2.36. The number of ether oxygens (including phenoxy) is 2. The van der Waals surface area contributed by atoms with Crippen molar-refractivity contribution in [2.45, 2.75) is 12.5 Å². The highest BCUT2D eigenvalue weighted by molar-refractivity contribution is 9.11. The Kier molecular flexibility index (Phi) is 6.95. The summed E-state index contributed by atoms with van der Waals surface area (Å²) in [5, 5.41) is 4.65. The van der Waals surface area contributed by atoms with E-state index in [2.05, 4.69) is 52.3 Å². The summed E-state index contributed by atoms with van der Waals surface area (Å²) < 4.78 is 14.6. The number of imide groups is 1. The highest BCUT2D eigenvalue weighted by Crippen LogP contribution is 2.48. The van der Waals surface area contributed by atoms with Crippen LogP contribution < -0.4 is 4.74 Å². The maximum Gasteiger partial charge on any atom is 0.347 e. The van der Waals surface area contributed by atoms with Crippen LogP contribution in [0.2, 0.25) is 0 Å². The van der Waals surface area contributed by atoms with E-state index in [1.54, 1.807) is 35.6 Å². The minimum Gasteiger partial charge on any atom is -0.479 e. The SMILES string of the molecule is COC(=O)[C@@H](CCN1C(=O)c2ccccc2C1=O)Oc1ccc(-c2c3ccccc3c(Br)c3sc4ccccc4c23)cc1. The lowest BCUT2D eigenvalue weighted by atomic mass is 9.93. The molecule has 0 aliphatic carbocycles. The van der Waals surface area contributed by atoms with E-state index in [9.17, 15) is 14.4 Å². The lowest BCUT2D eigenvalue weighted by Gasteiger charge is -2.20. The molecule has 1 aliphatic rings. The highest BCUT2D eigenvalue weighted by atomic mass is 79.9. The van der Waals surface area contributed by atoms with Crippen LogP contribution in [0.25, 0.3) is 42.1 Å². The lowest BCUT2D eigenvalue weighted by molar-refractivity contribution is -0.149. The van der Waals surface area contributed by atoms with Crippen molar-refractivity contribution in [1.29, 1.82) is 0 Å². The summed E-state index contributed by atoms with van der Waals surface area (Å²) in [5.41, 5.74) is 2.89. The molecule has 0 N–H and O–H groups in total. The number of fused-ring (bicyclic) bond motifs is 5.